The summed E-state index contributed by atoms with van der Waals surface area (Å²) in [5.41, 5.74) is 3.99. The molecule has 10 heteroatoms. The lowest BCUT2D eigenvalue weighted by Gasteiger charge is -2.72. The molecule has 62 heavy (non-hydrogen) atoms. The summed E-state index contributed by atoms with van der Waals surface area (Å²) in [5.74, 6) is 1.35. The van der Waals surface area contributed by atoms with Gasteiger partial charge >= 0.3 is 5.97 Å². The van der Waals surface area contributed by atoms with Gasteiger partial charge in [-0.15, -0.1) is 0 Å². The van der Waals surface area contributed by atoms with Crippen LogP contribution in [0.2, 0.25) is 0 Å². The van der Waals surface area contributed by atoms with Gasteiger partial charge in [0.25, 0.3) is 11.8 Å². The number of carbonyl (C=O) groups excluding carboxylic acids is 3. The topological polar surface area (TPSA) is 145 Å². The largest absolute Gasteiger partial charge is 0.480 e. The van der Waals surface area contributed by atoms with Gasteiger partial charge in [-0.3, -0.25) is 14.4 Å². The summed E-state index contributed by atoms with van der Waals surface area (Å²) in [6, 6.07) is 13.4. The minimum atomic E-state index is -1.06. The number of amides is 3. The van der Waals surface area contributed by atoms with Crippen LogP contribution in [-0.2, 0) is 22.6 Å². The highest BCUT2D eigenvalue weighted by Crippen LogP contribution is 2.77. The SMILES string of the molecule is C=C(C)[C@@H]1CC[C@]2(C(=O)NCCc3cccc(C(=O)NCc4ccc(C(=O)N[C@H](CCSC)C(=O)O)cc4)c3)CC[C@]3(C)C(CCC4[C@@]5(C)CC[C@H](O)C(C)(C)C5CC[C@]43C)C12. The summed E-state index contributed by atoms with van der Waals surface area (Å²) in [6.45, 7) is 19.9. The van der Waals surface area contributed by atoms with E-state index in [1.807, 2.05) is 24.5 Å². The number of allylic oxidation sites excluding steroid dienone is 1. The molecule has 5 fully saturated rings. The van der Waals surface area contributed by atoms with Crippen LogP contribution in [0.4, 0.5) is 0 Å². The summed E-state index contributed by atoms with van der Waals surface area (Å²) >= 11 is 1.53. The molecule has 0 radical (unpaired) electrons. The summed E-state index contributed by atoms with van der Waals surface area (Å²) in [7, 11) is 0. The minimum Gasteiger partial charge on any atom is -0.480 e. The summed E-state index contributed by atoms with van der Waals surface area (Å²) < 4.78 is 0. The third-order valence-electron chi connectivity index (χ3n) is 18.3. The molecule has 0 heterocycles. The summed E-state index contributed by atoms with van der Waals surface area (Å²) in [5, 5.41) is 29.6. The van der Waals surface area contributed by atoms with Gasteiger partial charge in [0.15, 0.2) is 0 Å². The van der Waals surface area contributed by atoms with Crippen LogP contribution >= 0.6 is 11.8 Å². The van der Waals surface area contributed by atoms with Crippen molar-refractivity contribution in [2.24, 2.45) is 56.7 Å². The summed E-state index contributed by atoms with van der Waals surface area (Å²) in [6.07, 6.45) is 13.3. The molecule has 9 nitrogen and oxygen atoms in total. The van der Waals surface area contributed by atoms with E-state index in [2.05, 4.69) is 64.1 Å². The Morgan fingerprint density at radius 1 is 0.806 bits per heavy atom. The van der Waals surface area contributed by atoms with Crippen molar-refractivity contribution in [1.82, 2.24) is 16.0 Å². The Hall–Kier alpha value is -3.63. The smallest absolute Gasteiger partial charge is 0.326 e. The normalized spacial score (nSPS) is 34.9. The third kappa shape index (κ3) is 8.07. The molecule has 0 aliphatic heterocycles. The van der Waals surface area contributed by atoms with Gasteiger partial charge in [0.1, 0.15) is 6.04 Å². The maximum Gasteiger partial charge on any atom is 0.326 e. The Kier molecular flexibility index (Phi) is 13.3. The fourth-order valence-corrected chi connectivity index (χ4v) is 15.2. The number of hydrogen-bond acceptors (Lipinski definition) is 6. The van der Waals surface area contributed by atoms with E-state index >= 15 is 0 Å². The molecule has 4 unspecified atom stereocenters. The van der Waals surface area contributed by atoms with E-state index < -0.39 is 23.3 Å². The van der Waals surface area contributed by atoms with Crippen LogP contribution in [0, 0.1) is 56.7 Å². The molecule has 338 valence electrons. The van der Waals surface area contributed by atoms with Gasteiger partial charge in [0.2, 0.25) is 5.91 Å². The van der Waals surface area contributed by atoms with Gasteiger partial charge in [-0.05, 0) is 183 Å². The number of aliphatic carboxylic acids is 1. The lowest BCUT2D eigenvalue weighted by Crippen LogP contribution is -2.67. The Balaban J connectivity index is 0.973. The van der Waals surface area contributed by atoms with Crippen molar-refractivity contribution in [2.75, 3.05) is 18.6 Å². The van der Waals surface area contributed by atoms with E-state index in [0.717, 1.165) is 56.1 Å². The van der Waals surface area contributed by atoms with Crippen LogP contribution in [0.5, 0.6) is 0 Å². The predicted octanol–water partition coefficient (Wildman–Crippen LogP) is 9.23. The first-order valence-corrected chi connectivity index (χ1v) is 24.8. The number of aliphatic hydroxyl groups excluding tert-OH is 1. The van der Waals surface area contributed by atoms with E-state index in [-0.39, 0.29) is 52.0 Å². The standard InChI is InChI=1S/C52H73N3O6S/c1-32(2)37-18-25-52(27-26-50(6)38(43(37)52)16-17-41-49(5)23-20-42(56)48(3,4)40(49)19-24-51(41,50)7)47(61)53-28-21-33-10-9-11-36(30-33)44(57)54-31-34-12-14-35(15-13-34)45(58)55-39(46(59)60)22-29-62-8/h9-15,30,37-43,56H,1,16-29,31H2,2-8H3,(H,53,61)(H,54,57)(H,55,58)(H,59,60)/t37-,38?,39+,40?,41?,42-,43?,49-,50+,51+,52-/m0/s1. The zero-order chi connectivity index (χ0) is 44.8. The first kappa shape index (κ1) is 46.4. The van der Waals surface area contributed by atoms with E-state index in [1.54, 1.807) is 30.3 Å². The first-order valence-electron chi connectivity index (χ1n) is 23.4. The van der Waals surface area contributed by atoms with Crippen molar-refractivity contribution < 1.29 is 29.4 Å². The number of carboxylic acids is 1. The number of aliphatic hydroxyl groups is 1. The van der Waals surface area contributed by atoms with Crippen molar-refractivity contribution in [1.29, 1.82) is 0 Å². The van der Waals surface area contributed by atoms with Gasteiger partial charge in [-0.1, -0.05) is 71.0 Å². The molecule has 2 aromatic carbocycles. The molecule has 3 amide bonds. The molecular formula is C52H73N3O6S. The highest BCUT2D eigenvalue weighted by molar-refractivity contribution is 7.98. The quantitative estimate of drug-likeness (QED) is 0.119. The number of nitrogens with one attached hydrogen (secondary N) is 3. The van der Waals surface area contributed by atoms with Crippen molar-refractivity contribution in [2.45, 2.75) is 137 Å². The van der Waals surface area contributed by atoms with Crippen molar-refractivity contribution >= 4 is 35.5 Å². The van der Waals surface area contributed by atoms with Crippen LogP contribution in [-0.4, -0.2) is 64.6 Å². The molecule has 0 spiro atoms. The highest BCUT2D eigenvalue weighted by Gasteiger charge is 2.71. The zero-order valence-corrected chi connectivity index (χ0v) is 39.2. The molecule has 2 aromatic rings. The Morgan fingerprint density at radius 2 is 1.55 bits per heavy atom. The van der Waals surface area contributed by atoms with Gasteiger partial charge in [0.05, 0.1) is 11.5 Å². The van der Waals surface area contributed by atoms with Gasteiger partial charge < -0.3 is 26.2 Å². The molecule has 5 saturated carbocycles. The van der Waals surface area contributed by atoms with Crippen molar-refractivity contribution in [3.05, 3.63) is 82.9 Å². The fraction of sp³-hybridized carbons (Fsp3) is 0.654. The molecule has 0 saturated heterocycles. The average Bonchev–Trinajstić information content (AvgIpc) is 3.65. The van der Waals surface area contributed by atoms with Crippen molar-refractivity contribution in [3.63, 3.8) is 0 Å². The maximum atomic E-state index is 14.7. The Morgan fingerprint density at radius 3 is 2.24 bits per heavy atom. The second-order valence-corrected chi connectivity index (χ2v) is 22.4. The number of carbonyl (C=O) groups is 4. The molecule has 7 rings (SSSR count). The Bertz CT molecular complexity index is 2040. The van der Waals surface area contributed by atoms with Crippen LogP contribution in [0.1, 0.15) is 144 Å². The maximum absolute atomic E-state index is 14.7. The van der Waals surface area contributed by atoms with E-state index in [4.69, 9.17) is 0 Å². The Labute approximate surface area is 374 Å². The molecule has 5 aliphatic carbocycles. The second-order valence-electron chi connectivity index (χ2n) is 21.4. The van der Waals surface area contributed by atoms with Crippen LogP contribution in [0.3, 0.4) is 0 Å². The number of rotatable bonds is 14. The highest BCUT2D eigenvalue weighted by atomic mass is 32.2. The number of benzene rings is 2. The van der Waals surface area contributed by atoms with Crippen LogP contribution in [0.25, 0.3) is 0 Å². The predicted molar refractivity (Wildman–Crippen MR) is 248 cm³/mol. The monoisotopic (exact) mass is 868 g/mol. The van der Waals surface area contributed by atoms with Crippen LogP contribution in [0.15, 0.2) is 60.7 Å². The lowest BCUT2D eigenvalue weighted by molar-refractivity contribution is -0.246. The second kappa shape index (κ2) is 17.7. The van der Waals surface area contributed by atoms with Gasteiger partial charge in [-0.25, -0.2) is 4.79 Å². The average molecular weight is 868 g/mol. The summed E-state index contributed by atoms with van der Waals surface area (Å²) in [4.78, 5) is 52.3. The van der Waals surface area contributed by atoms with Gasteiger partial charge in [-0.2, -0.15) is 11.8 Å². The molecule has 0 aromatic heterocycles. The molecule has 5 aliphatic rings. The van der Waals surface area contributed by atoms with E-state index in [1.165, 1.54) is 36.6 Å². The molecule has 5 N–H and O–H groups in total. The molecule has 0 bridgehead atoms. The molecular weight excluding hydrogens is 795 g/mol. The third-order valence-corrected chi connectivity index (χ3v) is 18.9. The van der Waals surface area contributed by atoms with Crippen molar-refractivity contribution in [3.8, 4) is 0 Å². The lowest BCUT2D eigenvalue weighted by atomic mass is 9.32. The first-order chi connectivity index (χ1) is 29.3. The number of hydrogen-bond donors (Lipinski definition) is 5. The van der Waals surface area contributed by atoms with Gasteiger partial charge in [0, 0.05) is 24.2 Å². The number of thioether (sulfide) groups is 1. The minimum absolute atomic E-state index is 0.0707. The fourth-order valence-electron chi connectivity index (χ4n) is 14.7. The zero-order valence-electron chi connectivity index (χ0n) is 38.4. The van der Waals surface area contributed by atoms with E-state index in [9.17, 15) is 29.4 Å². The number of fused-ring (bicyclic) bond motifs is 7. The number of carboxylic acid groups (broad SMARTS) is 1. The molecule has 11 atom stereocenters. The van der Waals surface area contributed by atoms with E-state index in [0.29, 0.717) is 59.9 Å². The van der Waals surface area contributed by atoms with Crippen LogP contribution < -0.4 is 16.0 Å².